The minimum Gasteiger partial charge on any atom is -0.308 e. The number of anilines is 2. The van der Waals surface area contributed by atoms with Crippen LogP contribution in [0.3, 0.4) is 0 Å². The van der Waals surface area contributed by atoms with Crippen molar-refractivity contribution in [3.8, 4) is 0 Å². The fourth-order valence-corrected chi connectivity index (χ4v) is 2.27. The average molecular weight is 350 g/mol. The molecular formula is C14H16BrN5O. The van der Waals surface area contributed by atoms with Gasteiger partial charge in [-0.05, 0) is 53.0 Å². The van der Waals surface area contributed by atoms with Crippen LogP contribution in [0.25, 0.3) is 0 Å². The summed E-state index contributed by atoms with van der Waals surface area (Å²) in [7, 11) is 0. The highest BCUT2D eigenvalue weighted by Gasteiger charge is 2.11. The molecule has 110 valence electrons. The number of amides is 1. The lowest BCUT2D eigenvalue weighted by molar-refractivity contribution is 0.102. The first kappa shape index (κ1) is 15.4. The molecule has 2 rings (SSSR count). The fourth-order valence-electron chi connectivity index (χ4n) is 1.82. The molecule has 0 unspecified atom stereocenters. The van der Waals surface area contributed by atoms with Crippen molar-refractivity contribution in [1.29, 1.82) is 0 Å². The van der Waals surface area contributed by atoms with E-state index in [1.54, 1.807) is 18.3 Å². The van der Waals surface area contributed by atoms with Gasteiger partial charge < -0.3 is 10.7 Å². The van der Waals surface area contributed by atoms with Crippen molar-refractivity contribution in [1.82, 2.24) is 9.97 Å². The van der Waals surface area contributed by atoms with Crippen LogP contribution < -0.4 is 16.6 Å². The van der Waals surface area contributed by atoms with Crippen molar-refractivity contribution < 1.29 is 4.79 Å². The molecule has 0 saturated carbocycles. The zero-order chi connectivity index (χ0) is 15.4. The van der Waals surface area contributed by atoms with E-state index in [0.717, 1.165) is 15.7 Å². The van der Waals surface area contributed by atoms with Gasteiger partial charge in [-0.25, -0.2) is 15.8 Å². The molecular weight excluding hydrogens is 334 g/mol. The summed E-state index contributed by atoms with van der Waals surface area (Å²) in [6, 6.07) is 5.23. The minimum atomic E-state index is -0.249. The summed E-state index contributed by atoms with van der Waals surface area (Å²) >= 11 is 3.34. The van der Waals surface area contributed by atoms with Crippen molar-refractivity contribution in [2.75, 3.05) is 10.7 Å². The Morgan fingerprint density at radius 3 is 2.76 bits per heavy atom. The topological polar surface area (TPSA) is 92.9 Å². The Balaban J connectivity index is 2.27. The third-order valence-corrected chi connectivity index (χ3v) is 3.36. The van der Waals surface area contributed by atoms with Gasteiger partial charge in [-0.3, -0.25) is 4.79 Å². The second-order valence-electron chi connectivity index (χ2n) is 4.50. The molecule has 4 N–H and O–H groups in total. The molecule has 0 radical (unpaired) electrons. The van der Waals surface area contributed by atoms with Crippen molar-refractivity contribution in [2.24, 2.45) is 5.84 Å². The van der Waals surface area contributed by atoms with Gasteiger partial charge in [0.1, 0.15) is 11.6 Å². The maximum atomic E-state index is 12.3. The normalized spacial score (nSPS) is 10.3. The maximum Gasteiger partial charge on any atom is 0.257 e. The second-order valence-corrected chi connectivity index (χ2v) is 5.42. The molecule has 21 heavy (non-hydrogen) atoms. The summed E-state index contributed by atoms with van der Waals surface area (Å²) < 4.78 is 0.866. The van der Waals surface area contributed by atoms with Crippen LogP contribution in [-0.2, 0) is 6.42 Å². The molecule has 7 heteroatoms. The predicted molar refractivity (Wildman–Crippen MR) is 86.1 cm³/mol. The van der Waals surface area contributed by atoms with Crippen LogP contribution in [0.4, 0.5) is 11.6 Å². The van der Waals surface area contributed by atoms with Gasteiger partial charge >= 0.3 is 0 Å². The summed E-state index contributed by atoms with van der Waals surface area (Å²) in [4.78, 5) is 20.8. The Hall–Kier alpha value is -1.99. The highest BCUT2D eigenvalue weighted by atomic mass is 79.9. The first-order valence-electron chi connectivity index (χ1n) is 6.44. The zero-order valence-corrected chi connectivity index (χ0v) is 13.4. The zero-order valence-electron chi connectivity index (χ0n) is 11.8. The molecule has 2 aromatic rings. The van der Waals surface area contributed by atoms with Crippen molar-refractivity contribution in [3.05, 3.63) is 45.7 Å². The van der Waals surface area contributed by atoms with Crippen LogP contribution >= 0.6 is 15.9 Å². The number of carbonyl (C=O) groups excluding carboxylic acids is 1. The lowest BCUT2D eigenvalue weighted by Gasteiger charge is -2.10. The summed E-state index contributed by atoms with van der Waals surface area (Å²) in [5.41, 5.74) is 4.61. The summed E-state index contributed by atoms with van der Waals surface area (Å²) in [6.45, 7) is 3.84. The molecule has 0 aliphatic heterocycles. The van der Waals surface area contributed by atoms with Crippen LogP contribution in [0, 0.1) is 6.92 Å². The molecule has 0 atom stereocenters. The van der Waals surface area contributed by atoms with Gasteiger partial charge in [-0.15, -0.1) is 0 Å². The van der Waals surface area contributed by atoms with E-state index in [9.17, 15) is 4.79 Å². The van der Waals surface area contributed by atoms with E-state index in [4.69, 9.17) is 5.84 Å². The number of nitrogen functional groups attached to an aromatic ring is 1. The average Bonchev–Trinajstić information content (AvgIpc) is 2.49. The first-order valence-corrected chi connectivity index (χ1v) is 7.24. The molecule has 2 aromatic heterocycles. The van der Waals surface area contributed by atoms with Crippen LogP contribution in [-0.4, -0.2) is 15.9 Å². The number of halogens is 1. The van der Waals surface area contributed by atoms with Crippen LogP contribution in [0.15, 0.2) is 28.9 Å². The molecule has 0 aliphatic rings. The molecule has 6 nitrogen and oxygen atoms in total. The number of nitrogens with zero attached hydrogens (tertiary/aromatic N) is 2. The fraction of sp³-hybridized carbons (Fsp3) is 0.214. The van der Waals surface area contributed by atoms with E-state index in [0.29, 0.717) is 23.6 Å². The Kier molecular flexibility index (Phi) is 4.87. The number of aromatic nitrogens is 2. The number of carbonyl (C=O) groups is 1. The Bertz CT molecular complexity index is 652. The predicted octanol–water partition coefficient (Wildman–Crippen LogP) is 2.65. The number of hydrogen-bond donors (Lipinski definition) is 3. The molecule has 0 bridgehead atoms. The summed E-state index contributed by atoms with van der Waals surface area (Å²) in [6.07, 6.45) is 2.35. The monoisotopic (exact) mass is 349 g/mol. The number of hydrazine groups is 1. The number of rotatable bonds is 4. The number of pyridine rings is 2. The van der Waals surface area contributed by atoms with E-state index >= 15 is 0 Å². The number of hydrogen-bond acceptors (Lipinski definition) is 5. The molecule has 1 amide bonds. The van der Waals surface area contributed by atoms with Gasteiger partial charge in [0, 0.05) is 21.9 Å². The third-order valence-electron chi connectivity index (χ3n) is 2.93. The molecule has 0 spiro atoms. The van der Waals surface area contributed by atoms with Crippen LogP contribution in [0.5, 0.6) is 0 Å². The number of nitrogens with one attached hydrogen (secondary N) is 2. The van der Waals surface area contributed by atoms with Gasteiger partial charge in [0.25, 0.3) is 5.91 Å². The first-order chi connectivity index (χ1) is 10.0. The number of aryl methyl sites for hydroxylation is 2. The van der Waals surface area contributed by atoms with E-state index < -0.39 is 0 Å². The Labute approximate surface area is 131 Å². The molecule has 0 aliphatic carbocycles. The summed E-state index contributed by atoms with van der Waals surface area (Å²) in [5, 5.41) is 2.79. The van der Waals surface area contributed by atoms with Gasteiger partial charge in [0.15, 0.2) is 0 Å². The van der Waals surface area contributed by atoms with E-state index in [-0.39, 0.29) is 5.91 Å². The highest BCUT2D eigenvalue weighted by Crippen LogP contribution is 2.18. The van der Waals surface area contributed by atoms with Gasteiger partial charge in [-0.2, -0.15) is 0 Å². The maximum absolute atomic E-state index is 12.3. The van der Waals surface area contributed by atoms with E-state index in [1.165, 1.54) is 0 Å². The lowest BCUT2D eigenvalue weighted by atomic mass is 10.1. The summed E-state index contributed by atoms with van der Waals surface area (Å²) in [5.74, 6) is 6.11. The van der Waals surface area contributed by atoms with Crippen molar-refractivity contribution >= 4 is 33.5 Å². The van der Waals surface area contributed by atoms with Crippen molar-refractivity contribution in [3.63, 3.8) is 0 Å². The molecule has 0 fully saturated rings. The lowest BCUT2D eigenvalue weighted by Crippen LogP contribution is -2.16. The molecule has 0 aromatic carbocycles. The standard InChI is InChI=1S/C14H16BrN5O/c1-3-11-5-9(6-12(18-11)20-16)14(21)19-13-8(2)4-10(15)7-17-13/h4-7H,3,16H2,1-2H3,(H,18,20)(H,17,19,21). The van der Waals surface area contributed by atoms with Crippen LogP contribution in [0.2, 0.25) is 0 Å². The third kappa shape index (κ3) is 3.77. The minimum absolute atomic E-state index is 0.249. The SMILES string of the molecule is CCc1cc(C(=O)Nc2ncc(Br)cc2C)cc(NN)n1. The Morgan fingerprint density at radius 1 is 1.38 bits per heavy atom. The number of nitrogens with two attached hydrogens (primary N) is 1. The molecule has 2 heterocycles. The largest absolute Gasteiger partial charge is 0.308 e. The van der Waals surface area contributed by atoms with Gasteiger partial charge in [0.05, 0.1) is 0 Å². The second kappa shape index (κ2) is 6.64. The van der Waals surface area contributed by atoms with Crippen molar-refractivity contribution in [2.45, 2.75) is 20.3 Å². The Morgan fingerprint density at radius 2 is 2.14 bits per heavy atom. The van der Waals surface area contributed by atoms with E-state index in [1.807, 2.05) is 19.9 Å². The van der Waals surface area contributed by atoms with E-state index in [2.05, 4.69) is 36.6 Å². The van der Waals surface area contributed by atoms with Gasteiger partial charge in [0.2, 0.25) is 0 Å². The molecule has 0 saturated heterocycles. The van der Waals surface area contributed by atoms with Gasteiger partial charge in [-0.1, -0.05) is 6.92 Å². The highest BCUT2D eigenvalue weighted by molar-refractivity contribution is 9.10. The van der Waals surface area contributed by atoms with Crippen LogP contribution in [0.1, 0.15) is 28.5 Å². The smallest absolute Gasteiger partial charge is 0.257 e. The quantitative estimate of drug-likeness (QED) is 0.582.